The molecule has 4 rings (SSSR count). The number of hydrogen-bond acceptors (Lipinski definition) is 5. The molecule has 0 aliphatic carbocycles. The first-order valence-electron chi connectivity index (χ1n) is 8.18. The number of rotatable bonds is 3. The minimum absolute atomic E-state index is 0.342. The van der Waals surface area contributed by atoms with Gasteiger partial charge in [0.15, 0.2) is 0 Å². The maximum absolute atomic E-state index is 5.95. The van der Waals surface area contributed by atoms with Crippen molar-refractivity contribution in [2.45, 2.75) is 18.7 Å². The zero-order valence-electron chi connectivity index (χ0n) is 13.7. The van der Waals surface area contributed by atoms with Gasteiger partial charge in [0.25, 0.3) is 0 Å². The van der Waals surface area contributed by atoms with Gasteiger partial charge in [0.2, 0.25) is 0 Å². The lowest BCUT2D eigenvalue weighted by molar-refractivity contribution is -0.0370. The van der Waals surface area contributed by atoms with Crippen LogP contribution >= 0.6 is 0 Å². The van der Waals surface area contributed by atoms with Gasteiger partial charge in [-0.15, -0.1) is 0 Å². The van der Waals surface area contributed by atoms with Crippen LogP contribution in [-0.4, -0.2) is 70.0 Å². The smallest absolute Gasteiger partial charge is 0.0969 e. The number of fused-ring (bicyclic) bond motifs is 1. The lowest BCUT2D eigenvalue weighted by Gasteiger charge is -2.33. The van der Waals surface area contributed by atoms with Crippen molar-refractivity contribution >= 4 is 0 Å². The molecule has 0 spiro atoms. The van der Waals surface area contributed by atoms with Gasteiger partial charge in [-0.3, -0.25) is 19.5 Å². The first-order valence-corrected chi connectivity index (χ1v) is 8.18. The molecule has 0 aromatic carbocycles. The maximum atomic E-state index is 5.95. The molecule has 6 heteroatoms. The Kier molecular flexibility index (Phi) is 3.88. The van der Waals surface area contributed by atoms with Crippen LogP contribution in [0.25, 0.3) is 11.3 Å². The highest BCUT2D eigenvalue weighted by molar-refractivity contribution is 5.61. The van der Waals surface area contributed by atoms with Gasteiger partial charge >= 0.3 is 0 Å². The second-order valence-electron chi connectivity index (χ2n) is 6.56. The van der Waals surface area contributed by atoms with E-state index in [1.165, 1.54) is 5.56 Å². The molecule has 0 N–H and O–H groups in total. The fraction of sp³-hybridized carbons (Fsp3) is 0.529. The fourth-order valence-corrected chi connectivity index (χ4v) is 3.71. The van der Waals surface area contributed by atoms with Gasteiger partial charge in [0.05, 0.1) is 18.4 Å². The summed E-state index contributed by atoms with van der Waals surface area (Å²) in [5, 5.41) is 4.65. The van der Waals surface area contributed by atoms with Gasteiger partial charge in [-0.25, -0.2) is 0 Å². The highest BCUT2D eigenvalue weighted by Crippen LogP contribution is 2.26. The summed E-state index contributed by atoms with van der Waals surface area (Å²) in [5.74, 6) is 0. The molecule has 6 nitrogen and oxygen atoms in total. The van der Waals surface area contributed by atoms with E-state index >= 15 is 0 Å². The number of nitrogens with zero attached hydrogens (tertiary/aromatic N) is 5. The maximum Gasteiger partial charge on any atom is 0.0969 e. The summed E-state index contributed by atoms with van der Waals surface area (Å²) in [7, 11) is 4.19. The van der Waals surface area contributed by atoms with Gasteiger partial charge in [0, 0.05) is 69.0 Å². The van der Waals surface area contributed by atoms with E-state index in [0.717, 1.165) is 44.0 Å². The van der Waals surface area contributed by atoms with E-state index in [2.05, 4.69) is 33.1 Å². The molecule has 4 heterocycles. The lowest BCUT2D eigenvalue weighted by atomic mass is 10.1. The Bertz CT molecular complexity index is 671. The molecule has 0 saturated carbocycles. The molecule has 2 saturated heterocycles. The topological polar surface area (TPSA) is 46.4 Å². The van der Waals surface area contributed by atoms with Gasteiger partial charge in [-0.05, 0) is 19.2 Å². The molecule has 0 radical (unpaired) electrons. The minimum Gasteiger partial charge on any atom is -0.374 e. The normalized spacial score (nSPS) is 25.7. The summed E-state index contributed by atoms with van der Waals surface area (Å²) in [6.07, 6.45) is 6.11. The Hall–Kier alpha value is -1.76. The number of pyridine rings is 1. The lowest BCUT2D eigenvalue weighted by Crippen LogP contribution is -2.48. The molecule has 0 bridgehead atoms. The van der Waals surface area contributed by atoms with Crippen LogP contribution in [0.15, 0.2) is 30.7 Å². The van der Waals surface area contributed by atoms with Crippen molar-refractivity contribution in [2.24, 2.45) is 7.05 Å². The standard InChI is InChI=1S/C17H23N5O/c1-20-7-8-23-16-12-22(11-15(16)20)10-14-9-21(2)19-17(14)13-3-5-18-6-4-13/h3-6,9,15-16H,7-8,10-12H2,1-2H3/t15-,16+/m0/s1. The molecular formula is C17H23N5O. The third kappa shape index (κ3) is 2.89. The van der Waals surface area contributed by atoms with Crippen molar-refractivity contribution in [1.82, 2.24) is 24.6 Å². The molecule has 2 aliphatic heterocycles. The summed E-state index contributed by atoms with van der Waals surface area (Å²) in [6.45, 7) is 4.85. The predicted molar refractivity (Wildman–Crippen MR) is 87.9 cm³/mol. The summed E-state index contributed by atoms with van der Waals surface area (Å²) in [4.78, 5) is 9.02. The van der Waals surface area contributed by atoms with Crippen LogP contribution in [0.2, 0.25) is 0 Å². The fourth-order valence-electron chi connectivity index (χ4n) is 3.71. The Morgan fingerprint density at radius 1 is 1.22 bits per heavy atom. The third-order valence-electron chi connectivity index (χ3n) is 4.91. The van der Waals surface area contributed by atoms with Crippen LogP contribution in [0.3, 0.4) is 0 Å². The Labute approximate surface area is 136 Å². The molecule has 2 fully saturated rings. The molecule has 0 unspecified atom stereocenters. The van der Waals surface area contributed by atoms with Gasteiger partial charge in [-0.1, -0.05) is 0 Å². The van der Waals surface area contributed by atoms with E-state index < -0.39 is 0 Å². The molecule has 2 aliphatic rings. The first kappa shape index (κ1) is 14.8. The monoisotopic (exact) mass is 313 g/mol. The van der Waals surface area contributed by atoms with Crippen LogP contribution in [0.5, 0.6) is 0 Å². The van der Waals surface area contributed by atoms with Gasteiger partial charge in [-0.2, -0.15) is 5.10 Å². The highest BCUT2D eigenvalue weighted by Gasteiger charge is 2.38. The number of likely N-dealkylation sites (N-methyl/N-ethyl adjacent to an activating group) is 1. The Morgan fingerprint density at radius 3 is 2.83 bits per heavy atom. The number of aromatic nitrogens is 3. The predicted octanol–water partition coefficient (Wildman–Crippen LogP) is 0.997. The van der Waals surface area contributed by atoms with E-state index in [-0.39, 0.29) is 0 Å². The largest absolute Gasteiger partial charge is 0.374 e. The summed E-state index contributed by atoms with van der Waals surface area (Å²) in [5.41, 5.74) is 3.44. The van der Waals surface area contributed by atoms with Crippen molar-refractivity contribution < 1.29 is 4.74 Å². The third-order valence-corrected chi connectivity index (χ3v) is 4.91. The number of ether oxygens (including phenoxy) is 1. The van der Waals surface area contributed by atoms with Crippen molar-refractivity contribution in [3.63, 3.8) is 0 Å². The van der Waals surface area contributed by atoms with E-state index in [9.17, 15) is 0 Å². The van der Waals surface area contributed by atoms with E-state index in [1.807, 2.05) is 36.3 Å². The number of morpholine rings is 1. The van der Waals surface area contributed by atoms with Crippen molar-refractivity contribution in [2.75, 3.05) is 33.3 Å². The van der Waals surface area contributed by atoms with E-state index in [1.54, 1.807) is 0 Å². The summed E-state index contributed by atoms with van der Waals surface area (Å²) in [6, 6.07) is 4.56. The van der Waals surface area contributed by atoms with Crippen molar-refractivity contribution in [3.05, 3.63) is 36.3 Å². The first-order chi connectivity index (χ1) is 11.2. The van der Waals surface area contributed by atoms with Crippen molar-refractivity contribution in [1.29, 1.82) is 0 Å². The zero-order chi connectivity index (χ0) is 15.8. The second kappa shape index (κ2) is 6.03. The van der Waals surface area contributed by atoms with Crippen LogP contribution in [0.4, 0.5) is 0 Å². The van der Waals surface area contributed by atoms with Gasteiger partial charge < -0.3 is 4.74 Å². The van der Waals surface area contributed by atoms with Crippen LogP contribution in [0.1, 0.15) is 5.56 Å². The average Bonchev–Trinajstić information content (AvgIpc) is 3.12. The summed E-state index contributed by atoms with van der Waals surface area (Å²) < 4.78 is 7.85. The van der Waals surface area contributed by atoms with Crippen LogP contribution < -0.4 is 0 Å². The Balaban J connectivity index is 1.54. The summed E-state index contributed by atoms with van der Waals surface area (Å²) >= 11 is 0. The molecular weight excluding hydrogens is 290 g/mol. The molecule has 0 amide bonds. The van der Waals surface area contributed by atoms with Crippen molar-refractivity contribution in [3.8, 4) is 11.3 Å². The molecule has 2 aromatic rings. The quantitative estimate of drug-likeness (QED) is 0.846. The van der Waals surface area contributed by atoms with E-state index in [4.69, 9.17) is 4.74 Å². The molecule has 2 atom stereocenters. The zero-order valence-corrected chi connectivity index (χ0v) is 13.7. The number of aryl methyl sites for hydroxylation is 1. The van der Waals surface area contributed by atoms with Gasteiger partial charge in [0.1, 0.15) is 0 Å². The highest BCUT2D eigenvalue weighted by atomic mass is 16.5. The SMILES string of the molecule is CN1CCO[C@@H]2CN(Cc3cn(C)nc3-c3ccncc3)C[C@@H]21. The molecule has 23 heavy (non-hydrogen) atoms. The average molecular weight is 313 g/mol. The number of hydrogen-bond donors (Lipinski definition) is 0. The Morgan fingerprint density at radius 2 is 2.04 bits per heavy atom. The second-order valence-corrected chi connectivity index (χ2v) is 6.56. The van der Waals surface area contributed by atoms with E-state index in [0.29, 0.717) is 12.1 Å². The number of likely N-dealkylation sites (tertiary alicyclic amines) is 1. The van der Waals surface area contributed by atoms with Crippen LogP contribution in [0, 0.1) is 0 Å². The molecule has 122 valence electrons. The minimum atomic E-state index is 0.342. The molecule has 2 aromatic heterocycles. The van der Waals surface area contributed by atoms with Crippen LogP contribution in [-0.2, 0) is 18.3 Å².